The fourth-order valence-electron chi connectivity index (χ4n) is 9.39. The van der Waals surface area contributed by atoms with Gasteiger partial charge in [-0.15, -0.1) is 11.8 Å². The Morgan fingerprint density at radius 1 is 1.05 bits per heavy atom. The number of hydrogen-bond acceptors (Lipinski definition) is 8. The van der Waals surface area contributed by atoms with Crippen LogP contribution in [0.1, 0.15) is 90.9 Å². The molecule has 3 saturated carbocycles. The van der Waals surface area contributed by atoms with Crippen LogP contribution in [0.5, 0.6) is 0 Å². The third kappa shape index (κ3) is 6.42. The van der Waals surface area contributed by atoms with Crippen LogP contribution in [0, 0.1) is 28.6 Å². The molecule has 10 heteroatoms. The Hall–Kier alpha value is -0.880. The van der Waals surface area contributed by atoms with Crippen molar-refractivity contribution in [2.45, 2.75) is 133 Å². The largest absolute Gasteiger partial charge is 0.394 e. The minimum Gasteiger partial charge on any atom is -0.394 e. The van der Waals surface area contributed by atoms with Crippen molar-refractivity contribution in [2.75, 3.05) is 19.0 Å². The molecule has 42 heavy (non-hydrogen) atoms. The Morgan fingerprint density at radius 2 is 1.83 bits per heavy atom. The van der Waals surface area contributed by atoms with Crippen LogP contribution in [0.25, 0.3) is 0 Å². The van der Waals surface area contributed by atoms with Crippen LogP contribution in [0.3, 0.4) is 0 Å². The molecular formula is C32H54N2O7S. The van der Waals surface area contributed by atoms with Crippen LogP contribution in [-0.4, -0.2) is 87.4 Å². The van der Waals surface area contributed by atoms with E-state index < -0.39 is 36.5 Å². The van der Waals surface area contributed by atoms with E-state index >= 15 is 0 Å². The highest BCUT2D eigenvalue weighted by Crippen LogP contribution is 2.64. The van der Waals surface area contributed by atoms with E-state index in [9.17, 15) is 25.2 Å². The number of ether oxygens (including phenoxy) is 2. The molecule has 0 radical (unpaired) electrons. The van der Waals surface area contributed by atoms with E-state index in [1.54, 1.807) is 5.57 Å². The number of aliphatic hydroxyl groups excluding tert-OH is 4. The average molecular weight is 611 g/mol. The highest BCUT2D eigenvalue weighted by atomic mass is 32.2. The van der Waals surface area contributed by atoms with E-state index in [0.717, 1.165) is 69.6 Å². The fraction of sp³-hybridized carbons (Fsp3) is 0.906. The van der Waals surface area contributed by atoms with Crippen molar-refractivity contribution in [1.29, 1.82) is 0 Å². The summed E-state index contributed by atoms with van der Waals surface area (Å²) in [4.78, 5) is 11.6. The molecule has 7 N–H and O–H groups in total. The fourth-order valence-corrected chi connectivity index (χ4v) is 10.6. The molecule has 4 fully saturated rings. The smallest absolute Gasteiger partial charge is 0.312 e. The second-order valence-corrected chi connectivity index (χ2v) is 15.4. The number of nitrogens with two attached hydrogens (primary N) is 1. The number of aliphatic hydroxyl groups is 4. The Labute approximate surface area is 255 Å². The predicted octanol–water partition coefficient (Wildman–Crippen LogP) is 3.46. The summed E-state index contributed by atoms with van der Waals surface area (Å²) >= 11 is 1.43. The molecule has 5 rings (SSSR count). The summed E-state index contributed by atoms with van der Waals surface area (Å²) in [7, 11) is 0. The number of amides is 2. The summed E-state index contributed by atoms with van der Waals surface area (Å²) in [6, 6.07) is -0.171. The first-order valence-electron chi connectivity index (χ1n) is 16.4. The maximum atomic E-state index is 11.6. The van der Waals surface area contributed by atoms with Gasteiger partial charge in [0.25, 0.3) is 0 Å². The number of carbonyl (C=O) groups is 1. The van der Waals surface area contributed by atoms with Crippen LogP contribution >= 0.6 is 11.8 Å². The third-order valence-corrected chi connectivity index (χ3v) is 13.1. The minimum atomic E-state index is -1.31. The van der Waals surface area contributed by atoms with Gasteiger partial charge in [0.1, 0.15) is 29.9 Å². The maximum absolute atomic E-state index is 11.6. The van der Waals surface area contributed by atoms with Crippen molar-refractivity contribution in [3.63, 3.8) is 0 Å². The molecular weight excluding hydrogens is 556 g/mol. The molecule has 2 amide bonds. The highest BCUT2D eigenvalue weighted by molar-refractivity contribution is 7.99. The third-order valence-electron chi connectivity index (χ3n) is 11.9. The van der Waals surface area contributed by atoms with E-state index in [0.29, 0.717) is 17.9 Å². The lowest BCUT2D eigenvalue weighted by molar-refractivity contribution is -0.205. The van der Waals surface area contributed by atoms with Gasteiger partial charge in [0.2, 0.25) is 0 Å². The van der Waals surface area contributed by atoms with Crippen molar-refractivity contribution in [2.24, 2.45) is 34.3 Å². The molecule has 240 valence electrons. The van der Waals surface area contributed by atoms with Gasteiger partial charge in [-0.05, 0) is 98.5 Å². The Balaban J connectivity index is 1.01. The van der Waals surface area contributed by atoms with Gasteiger partial charge in [-0.1, -0.05) is 38.3 Å². The second-order valence-electron chi connectivity index (χ2n) is 14.2. The van der Waals surface area contributed by atoms with Gasteiger partial charge < -0.3 is 41.0 Å². The molecule has 5 aliphatic rings. The lowest BCUT2D eigenvalue weighted by Gasteiger charge is -2.58. The molecule has 1 aliphatic heterocycles. The van der Waals surface area contributed by atoms with Crippen molar-refractivity contribution < 1.29 is 34.7 Å². The number of hydrogen-bond donors (Lipinski definition) is 6. The topological polar surface area (TPSA) is 154 Å². The van der Waals surface area contributed by atoms with Crippen molar-refractivity contribution >= 4 is 17.8 Å². The number of unbranched alkanes of at least 4 members (excludes halogenated alkanes) is 3. The van der Waals surface area contributed by atoms with Gasteiger partial charge in [0, 0.05) is 12.6 Å². The number of carbonyl (C=O) groups excluding carboxylic acids is 1. The molecule has 1 heterocycles. The molecule has 9 nitrogen and oxygen atoms in total. The highest BCUT2D eigenvalue weighted by Gasteiger charge is 2.59. The zero-order chi connectivity index (χ0) is 30.1. The summed E-state index contributed by atoms with van der Waals surface area (Å²) < 4.78 is 12.0. The quantitative estimate of drug-likeness (QED) is 0.154. The van der Waals surface area contributed by atoms with Gasteiger partial charge in [-0.3, -0.25) is 0 Å². The number of urea groups is 1. The zero-order valence-electron chi connectivity index (χ0n) is 25.5. The van der Waals surface area contributed by atoms with Gasteiger partial charge in [0.05, 0.1) is 12.7 Å². The Kier molecular flexibility index (Phi) is 10.5. The molecule has 0 bridgehead atoms. The predicted molar refractivity (Wildman–Crippen MR) is 163 cm³/mol. The number of fused-ring (bicyclic) bond motifs is 5. The first-order valence-corrected chi connectivity index (χ1v) is 17.4. The molecule has 1 saturated heterocycles. The lowest BCUT2D eigenvalue weighted by atomic mass is 9.48. The summed E-state index contributed by atoms with van der Waals surface area (Å²) in [6.07, 6.45) is 11.6. The van der Waals surface area contributed by atoms with Gasteiger partial charge in [0.15, 0.2) is 0 Å². The standard InChI is InChI=1S/C32H54N2O7S/c1-31-13-11-20(40-15-5-3-4-6-16-42-29-28(38)27(37)26(36)24(18-35)41-29)17-19(31)7-8-21-22-9-10-25(34-30(33)39)32(22,2)14-12-23(21)31/h7,20-29,35-38H,3-6,8-18H2,1-2H3,(H3,33,34,39)/t20?,21-,22-,23+,24+,25?,26+,27-,28-,29-,31-,32-/m0/s1. The Morgan fingerprint density at radius 3 is 2.60 bits per heavy atom. The van der Waals surface area contributed by atoms with E-state index in [-0.39, 0.29) is 22.9 Å². The molecule has 0 spiro atoms. The molecule has 2 unspecified atom stereocenters. The van der Waals surface area contributed by atoms with Gasteiger partial charge >= 0.3 is 6.03 Å². The minimum absolute atomic E-state index is 0.164. The van der Waals surface area contributed by atoms with Crippen LogP contribution in [0.15, 0.2) is 11.6 Å². The number of rotatable bonds is 11. The second kappa shape index (κ2) is 13.6. The molecule has 0 aromatic rings. The molecule has 0 aromatic heterocycles. The van der Waals surface area contributed by atoms with E-state index in [2.05, 4.69) is 25.2 Å². The maximum Gasteiger partial charge on any atom is 0.312 e. The van der Waals surface area contributed by atoms with Crippen molar-refractivity contribution in [3.05, 3.63) is 11.6 Å². The Bertz CT molecular complexity index is 967. The van der Waals surface area contributed by atoms with E-state index in [1.165, 1.54) is 37.4 Å². The number of primary amides is 1. The van der Waals surface area contributed by atoms with Crippen LogP contribution in [0.2, 0.25) is 0 Å². The summed E-state index contributed by atoms with van der Waals surface area (Å²) in [5.74, 6) is 2.87. The summed E-state index contributed by atoms with van der Waals surface area (Å²) in [5, 5.41) is 42.4. The molecule has 4 aliphatic carbocycles. The SMILES string of the molecule is C[C@]12CCC(OCCCCCCS[C@@H]3O[C@H](CO)[C@@H](O)[C@H](O)[C@@H]3O)CC1=CC[C@@H]1[C@H]2CC[C@]2(C)C(NC(N)=O)CC[C@@H]12. The van der Waals surface area contributed by atoms with Crippen LogP contribution in [-0.2, 0) is 9.47 Å². The number of allylic oxidation sites excluding steroid dienone is 1. The molecule has 0 aromatic carbocycles. The lowest BCUT2D eigenvalue weighted by Crippen LogP contribution is -2.57. The van der Waals surface area contributed by atoms with Crippen LogP contribution < -0.4 is 11.1 Å². The molecule has 12 atom stereocenters. The zero-order valence-corrected chi connectivity index (χ0v) is 26.3. The monoisotopic (exact) mass is 610 g/mol. The van der Waals surface area contributed by atoms with Gasteiger partial charge in [-0.25, -0.2) is 4.79 Å². The first-order chi connectivity index (χ1) is 20.1. The average Bonchev–Trinajstić information content (AvgIpc) is 3.29. The van der Waals surface area contributed by atoms with Crippen molar-refractivity contribution in [3.8, 4) is 0 Å². The summed E-state index contributed by atoms with van der Waals surface area (Å²) in [6.45, 7) is 5.31. The number of nitrogens with one attached hydrogen (secondary N) is 1. The van der Waals surface area contributed by atoms with E-state index in [1.807, 2.05) is 0 Å². The van der Waals surface area contributed by atoms with Gasteiger partial charge in [-0.2, -0.15) is 0 Å². The summed E-state index contributed by atoms with van der Waals surface area (Å²) in [5.41, 5.74) is 6.94. The van der Waals surface area contributed by atoms with E-state index in [4.69, 9.17) is 15.2 Å². The number of thioether (sulfide) groups is 1. The van der Waals surface area contributed by atoms with Crippen molar-refractivity contribution in [1.82, 2.24) is 5.32 Å². The van der Waals surface area contributed by atoms with Crippen LogP contribution in [0.4, 0.5) is 4.79 Å². The normalized spacial score (nSPS) is 45.0. The first kappa shape index (κ1) is 32.5.